The lowest BCUT2D eigenvalue weighted by atomic mass is 9.98. The molecule has 0 unspecified atom stereocenters. The van der Waals surface area contributed by atoms with E-state index < -0.39 is 30.3 Å². The summed E-state index contributed by atoms with van der Waals surface area (Å²) >= 11 is 1.38. The highest BCUT2D eigenvalue weighted by molar-refractivity contribution is 8.14. The fourth-order valence-corrected chi connectivity index (χ4v) is 3.78. The van der Waals surface area contributed by atoms with Crippen molar-refractivity contribution in [2.24, 2.45) is 4.99 Å². The van der Waals surface area contributed by atoms with Crippen LogP contribution in [0.2, 0.25) is 0 Å². The van der Waals surface area contributed by atoms with Gasteiger partial charge in [0.15, 0.2) is 10.9 Å². The second-order valence-electron chi connectivity index (χ2n) is 5.41. The summed E-state index contributed by atoms with van der Waals surface area (Å²) in [4.78, 5) is 15.7. The van der Waals surface area contributed by atoms with E-state index in [1.54, 1.807) is 0 Å². The van der Waals surface area contributed by atoms with Gasteiger partial charge in [0.2, 0.25) is 0 Å². The zero-order valence-corrected chi connectivity index (χ0v) is 14.0. The van der Waals surface area contributed by atoms with Crippen LogP contribution in [0.5, 0.6) is 0 Å². The third kappa shape index (κ3) is 3.24. The molecule has 2 aliphatic rings. The van der Waals surface area contributed by atoms with E-state index in [1.165, 1.54) is 29.8 Å². The van der Waals surface area contributed by atoms with E-state index in [-0.39, 0.29) is 17.7 Å². The first-order valence-corrected chi connectivity index (χ1v) is 8.39. The molecule has 0 saturated carbocycles. The summed E-state index contributed by atoms with van der Waals surface area (Å²) in [5, 5.41) is 31.9. The van der Waals surface area contributed by atoms with Crippen molar-refractivity contribution in [2.45, 2.75) is 43.3 Å². The van der Waals surface area contributed by atoms with Crippen LogP contribution in [-0.2, 0) is 16.0 Å². The minimum Gasteiger partial charge on any atom is -0.464 e. The summed E-state index contributed by atoms with van der Waals surface area (Å²) in [6.07, 6.45) is -1.46. The number of aliphatic hydroxyl groups is 2. The highest BCUT2D eigenvalue weighted by Gasteiger charge is 2.48. The molecule has 24 heavy (non-hydrogen) atoms. The number of nitrogens with one attached hydrogen (secondary N) is 1. The van der Waals surface area contributed by atoms with Crippen molar-refractivity contribution in [1.82, 2.24) is 20.3 Å². The Kier molecular flexibility index (Phi) is 5.04. The lowest BCUT2D eigenvalue weighted by Gasteiger charge is -2.38. The summed E-state index contributed by atoms with van der Waals surface area (Å²) in [6.45, 7) is 2.80. The van der Waals surface area contributed by atoms with E-state index in [0.717, 1.165) is 0 Å². The van der Waals surface area contributed by atoms with Crippen LogP contribution in [0, 0.1) is 0 Å². The Morgan fingerprint density at radius 2 is 2.29 bits per heavy atom. The second-order valence-corrected chi connectivity index (χ2v) is 6.50. The van der Waals surface area contributed by atoms with Crippen molar-refractivity contribution in [3.63, 3.8) is 0 Å². The Morgan fingerprint density at radius 3 is 3.00 bits per heavy atom. The van der Waals surface area contributed by atoms with Crippen LogP contribution in [-0.4, -0.2) is 79.8 Å². The van der Waals surface area contributed by atoms with Gasteiger partial charge in [-0.2, -0.15) is 0 Å². The third-order valence-corrected chi connectivity index (χ3v) is 4.89. The van der Waals surface area contributed by atoms with Crippen LogP contribution in [0.4, 0.5) is 0 Å². The molecule has 5 atom stereocenters. The first-order valence-electron chi connectivity index (χ1n) is 7.51. The second kappa shape index (κ2) is 7.05. The number of hydrogen-bond donors (Lipinski definition) is 3. The third-order valence-electron chi connectivity index (χ3n) is 3.79. The van der Waals surface area contributed by atoms with Crippen LogP contribution in [0.1, 0.15) is 17.4 Å². The van der Waals surface area contributed by atoms with E-state index in [9.17, 15) is 15.0 Å². The molecule has 1 aromatic rings. The number of carbonyl (C=O) groups is 1. The Labute approximate surface area is 142 Å². The number of ether oxygens (including phenoxy) is 2. The molecular formula is C13H19N5O5S. The first-order chi connectivity index (χ1) is 11.5. The van der Waals surface area contributed by atoms with Crippen molar-refractivity contribution >= 4 is 22.9 Å². The van der Waals surface area contributed by atoms with Crippen molar-refractivity contribution in [2.75, 3.05) is 13.7 Å². The molecule has 0 amide bonds. The van der Waals surface area contributed by atoms with Crippen molar-refractivity contribution in [3.8, 4) is 0 Å². The van der Waals surface area contributed by atoms with Crippen LogP contribution in [0.15, 0.2) is 11.2 Å². The largest absolute Gasteiger partial charge is 0.464 e. The summed E-state index contributed by atoms with van der Waals surface area (Å²) < 4.78 is 11.8. The van der Waals surface area contributed by atoms with E-state index in [0.29, 0.717) is 11.7 Å². The van der Waals surface area contributed by atoms with Gasteiger partial charge in [-0.1, -0.05) is 17.0 Å². The summed E-state index contributed by atoms with van der Waals surface area (Å²) in [6, 6.07) is -0.517. The number of hydrogen-bond acceptors (Lipinski definition) is 10. The Balaban J connectivity index is 1.68. The van der Waals surface area contributed by atoms with Gasteiger partial charge in [0.05, 0.1) is 19.9 Å². The van der Waals surface area contributed by atoms with Gasteiger partial charge in [-0.3, -0.25) is 4.99 Å². The van der Waals surface area contributed by atoms with Gasteiger partial charge in [0, 0.05) is 6.54 Å². The molecule has 1 aromatic heterocycles. The summed E-state index contributed by atoms with van der Waals surface area (Å²) in [5.74, 6) is -0.596. The quantitative estimate of drug-likeness (QED) is 0.556. The molecule has 3 N–H and O–H groups in total. The minimum atomic E-state index is -1.12. The average Bonchev–Trinajstić information content (AvgIpc) is 3.19. The summed E-state index contributed by atoms with van der Waals surface area (Å²) in [5.41, 5.74) is -0.319. The molecule has 0 aromatic carbocycles. The predicted octanol–water partition coefficient (Wildman–Crippen LogP) is -1.41. The number of aliphatic hydroxyl groups excluding tert-OH is 2. The fourth-order valence-electron chi connectivity index (χ4n) is 2.59. The normalized spacial score (nSPS) is 32.2. The number of amidine groups is 1. The minimum absolute atomic E-state index is 0.0641. The van der Waals surface area contributed by atoms with Crippen molar-refractivity contribution in [1.29, 1.82) is 0 Å². The van der Waals surface area contributed by atoms with Crippen molar-refractivity contribution in [3.05, 3.63) is 11.9 Å². The predicted molar refractivity (Wildman–Crippen MR) is 84.5 cm³/mol. The lowest BCUT2D eigenvalue weighted by molar-refractivity contribution is -0.157. The standard InChI is InChI=1S/C13H19N5O5S/c1-3-14-13-15-8-10(20)9(19)7(23-12(8)24-13)5-18-4-6(16-17-18)11(21)22-2/h4,7-10,12,19-20H,3,5H2,1-2H3,(H,14,15)/t7-,8-,9+,10-,12-/m1/s1. The number of fused-ring (bicyclic) bond motifs is 1. The number of esters is 1. The monoisotopic (exact) mass is 357 g/mol. The Bertz CT molecular complexity index is 638. The molecule has 1 fully saturated rings. The molecule has 3 heterocycles. The average molecular weight is 357 g/mol. The maximum Gasteiger partial charge on any atom is 0.360 e. The fraction of sp³-hybridized carbons (Fsp3) is 0.692. The molecule has 11 heteroatoms. The van der Waals surface area contributed by atoms with E-state index >= 15 is 0 Å². The number of aromatic nitrogens is 3. The molecule has 0 aliphatic carbocycles. The molecule has 2 aliphatic heterocycles. The maximum atomic E-state index is 11.4. The van der Waals surface area contributed by atoms with Crippen LogP contribution >= 0.6 is 11.8 Å². The zero-order chi connectivity index (χ0) is 17.3. The molecular weight excluding hydrogens is 338 g/mol. The number of nitrogens with zero attached hydrogens (tertiary/aromatic N) is 4. The van der Waals surface area contributed by atoms with Crippen LogP contribution in [0.3, 0.4) is 0 Å². The topological polar surface area (TPSA) is 131 Å². The van der Waals surface area contributed by atoms with Gasteiger partial charge < -0.3 is 25.0 Å². The van der Waals surface area contributed by atoms with Gasteiger partial charge >= 0.3 is 5.97 Å². The SMILES string of the molecule is CCNC1=N[C@@H]2[C@@H](O)[C@@H](O)[C@@H](Cn3cc(C(=O)OC)nn3)O[C@@H]2S1. The van der Waals surface area contributed by atoms with E-state index in [4.69, 9.17) is 4.74 Å². The Hall–Kier alpha value is -1.69. The number of carbonyl (C=O) groups excluding carboxylic acids is 1. The number of aliphatic imine (C=N–C) groups is 1. The molecule has 0 bridgehead atoms. The molecule has 10 nitrogen and oxygen atoms in total. The van der Waals surface area contributed by atoms with Crippen LogP contribution in [0.25, 0.3) is 0 Å². The molecule has 3 rings (SSSR count). The molecule has 1 saturated heterocycles. The molecule has 132 valence electrons. The molecule has 0 spiro atoms. The highest BCUT2D eigenvalue weighted by atomic mass is 32.2. The van der Waals surface area contributed by atoms with Crippen LogP contribution < -0.4 is 5.32 Å². The molecule has 0 radical (unpaired) electrons. The first kappa shape index (κ1) is 17.1. The van der Waals surface area contributed by atoms with E-state index in [1.807, 2.05) is 6.92 Å². The smallest absolute Gasteiger partial charge is 0.360 e. The maximum absolute atomic E-state index is 11.4. The number of thioether (sulfide) groups is 1. The van der Waals surface area contributed by atoms with Gasteiger partial charge in [-0.25, -0.2) is 9.48 Å². The lowest BCUT2D eigenvalue weighted by Crippen LogP contribution is -2.55. The van der Waals surface area contributed by atoms with Gasteiger partial charge in [0.25, 0.3) is 0 Å². The highest BCUT2D eigenvalue weighted by Crippen LogP contribution is 2.36. The number of methoxy groups -OCH3 is 1. The van der Waals surface area contributed by atoms with Crippen molar-refractivity contribution < 1.29 is 24.5 Å². The summed E-state index contributed by atoms with van der Waals surface area (Å²) in [7, 11) is 1.26. The zero-order valence-electron chi connectivity index (χ0n) is 13.2. The number of rotatable bonds is 4. The van der Waals surface area contributed by atoms with Gasteiger partial charge in [-0.05, 0) is 6.92 Å². The van der Waals surface area contributed by atoms with E-state index in [2.05, 4.69) is 25.4 Å². The van der Waals surface area contributed by atoms with Gasteiger partial charge in [0.1, 0.15) is 29.8 Å². The van der Waals surface area contributed by atoms with Gasteiger partial charge in [-0.15, -0.1) is 5.10 Å². The Morgan fingerprint density at radius 1 is 1.50 bits per heavy atom.